The number of benzene rings is 3. The van der Waals surface area contributed by atoms with E-state index in [1.807, 2.05) is 0 Å². The van der Waals surface area contributed by atoms with Gasteiger partial charge in [-0.15, -0.1) is 0 Å². The van der Waals surface area contributed by atoms with Crippen molar-refractivity contribution >= 4 is 10.8 Å². The lowest BCUT2D eigenvalue weighted by molar-refractivity contribution is 0.124. The molecular weight excluding hydrogens is 292 g/mol. The maximum atomic E-state index is 5.90. The zero-order chi connectivity index (χ0) is 16.8. The minimum absolute atomic E-state index is 0.631. The molecule has 0 saturated carbocycles. The van der Waals surface area contributed by atoms with E-state index in [4.69, 9.17) is 4.74 Å². The summed E-state index contributed by atoms with van der Waals surface area (Å²) in [5.74, 6) is 0.631. The van der Waals surface area contributed by atoms with Gasteiger partial charge in [0, 0.05) is 0 Å². The van der Waals surface area contributed by atoms with E-state index >= 15 is 0 Å². The standard InChI is InChI=1S/C23H26O/c1-3-18(2)20-13-11-19(12-14-20)17-24-16-15-22-9-6-8-21-7-4-5-10-23(21)22/h4-14,18H,3,15-17H2,1-2H3. The Morgan fingerprint density at radius 1 is 0.875 bits per heavy atom. The first-order valence-corrected chi connectivity index (χ1v) is 8.91. The van der Waals surface area contributed by atoms with Crippen molar-refractivity contribution in [1.29, 1.82) is 0 Å². The Balaban J connectivity index is 1.53. The highest BCUT2D eigenvalue weighted by Gasteiger charge is 2.03. The van der Waals surface area contributed by atoms with Crippen LogP contribution in [0.1, 0.15) is 42.9 Å². The Kier molecular flexibility index (Phi) is 5.66. The average molecular weight is 318 g/mol. The molecule has 3 aromatic carbocycles. The SMILES string of the molecule is CCC(C)c1ccc(COCCc2cccc3ccccc23)cc1. The molecular formula is C23H26O. The number of hydrogen-bond acceptors (Lipinski definition) is 1. The first-order valence-electron chi connectivity index (χ1n) is 8.91. The number of ether oxygens (including phenoxy) is 1. The summed E-state index contributed by atoms with van der Waals surface area (Å²) in [5, 5.41) is 2.64. The molecule has 3 rings (SSSR count). The summed E-state index contributed by atoms with van der Waals surface area (Å²) < 4.78 is 5.90. The van der Waals surface area contributed by atoms with E-state index < -0.39 is 0 Å². The summed E-state index contributed by atoms with van der Waals surface area (Å²) in [6.45, 7) is 5.94. The van der Waals surface area contributed by atoms with Crippen molar-refractivity contribution in [2.24, 2.45) is 0 Å². The molecule has 0 saturated heterocycles. The fraction of sp³-hybridized carbons (Fsp3) is 0.304. The molecule has 0 heterocycles. The molecule has 1 nitrogen and oxygen atoms in total. The minimum atomic E-state index is 0.631. The molecule has 0 spiro atoms. The van der Waals surface area contributed by atoms with Crippen LogP contribution in [0.15, 0.2) is 66.7 Å². The third-order valence-corrected chi connectivity index (χ3v) is 4.83. The van der Waals surface area contributed by atoms with Gasteiger partial charge in [-0.2, -0.15) is 0 Å². The van der Waals surface area contributed by atoms with Crippen molar-refractivity contribution in [3.8, 4) is 0 Å². The lowest BCUT2D eigenvalue weighted by Gasteiger charge is -2.10. The van der Waals surface area contributed by atoms with E-state index in [0.717, 1.165) is 13.0 Å². The number of fused-ring (bicyclic) bond motifs is 1. The van der Waals surface area contributed by atoms with E-state index in [9.17, 15) is 0 Å². The molecule has 1 heteroatoms. The second-order valence-corrected chi connectivity index (χ2v) is 6.49. The lowest BCUT2D eigenvalue weighted by Crippen LogP contribution is -2.00. The molecule has 124 valence electrons. The Bertz CT molecular complexity index is 768. The van der Waals surface area contributed by atoms with Gasteiger partial charge in [-0.05, 0) is 46.2 Å². The smallest absolute Gasteiger partial charge is 0.0717 e. The molecule has 0 aromatic heterocycles. The maximum absolute atomic E-state index is 5.90. The minimum Gasteiger partial charge on any atom is -0.376 e. The summed E-state index contributed by atoms with van der Waals surface area (Å²) in [7, 11) is 0. The van der Waals surface area contributed by atoms with Crippen molar-refractivity contribution in [2.75, 3.05) is 6.61 Å². The molecule has 0 aliphatic carbocycles. The van der Waals surface area contributed by atoms with Gasteiger partial charge in [-0.3, -0.25) is 0 Å². The summed E-state index contributed by atoms with van der Waals surface area (Å²) in [5.41, 5.74) is 4.03. The van der Waals surface area contributed by atoms with E-state index in [2.05, 4.69) is 80.6 Å². The summed E-state index contributed by atoms with van der Waals surface area (Å²) in [4.78, 5) is 0. The molecule has 0 bridgehead atoms. The van der Waals surface area contributed by atoms with Crippen LogP contribution < -0.4 is 0 Å². The zero-order valence-corrected chi connectivity index (χ0v) is 14.7. The molecule has 3 aromatic rings. The van der Waals surface area contributed by atoms with Gasteiger partial charge in [-0.25, -0.2) is 0 Å². The van der Waals surface area contributed by atoms with Crippen molar-refractivity contribution in [3.05, 3.63) is 83.4 Å². The van der Waals surface area contributed by atoms with Crippen LogP contribution in [0.5, 0.6) is 0 Å². The molecule has 1 unspecified atom stereocenters. The Morgan fingerprint density at radius 3 is 2.42 bits per heavy atom. The van der Waals surface area contributed by atoms with Crippen LogP contribution in [0.25, 0.3) is 10.8 Å². The summed E-state index contributed by atoms with van der Waals surface area (Å²) in [6, 6.07) is 23.9. The molecule has 0 radical (unpaired) electrons. The van der Waals surface area contributed by atoms with Crippen LogP contribution in [0.2, 0.25) is 0 Å². The lowest BCUT2D eigenvalue weighted by atomic mass is 9.98. The second-order valence-electron chi connectivity index (χ2n) is 6.49. The summed E-state index contributed by atoms with van der Waals surface area (Å²) in [6.07, 6.45) is 2.13. The van der Waals surface area contributed by atoms with Crippen LogP contribution in [-0.2, 0) is 17.8 Å². The summed E-state index contributed by atoms with van der Waals surface area (Å²) >= 11 is 0. The van der Waals surface area contributed by atoms with Gasteiger partial charge in [0.25, 0.3) is 0 Å². The van der Waals surface area contributed by atoms with Crippen LogP contribution in [-0.4, -0.2) is 6.61 Å². The Morgan fingerprint density at radius 2 is 1.62 bits per heavy atom. The zero-order valence-electron chi connectivity index (χ0n) is 14.7. The van der Waals surface area contributed by atoms with E-state index in [0.29, 0.717) is 12.5 Å². The topological polar surface area (TPSA) is 9.23 Å². The molecule has 1 atom stereocenters. The first kappa shape index (κ1) is 16.7. The molecule has 0 N–H and O–H groups in total. The maximum Gasteiger partial charge on any atom is 0.0717 e. The fourth-order valence-corrected chi connectivity index (χ4v) is 3.06. The van der Waals surface area contributed by atoms with Crippen molar-refractivity contribution in [1.82, 2.24) is 0 Å². The van der Waals surface area contributed by atoms with Gasteiger partial charge in [0.1, 0.15) is 0 Å². The predicted octanol–water partition coefficient (Wildman–Crippen LogP) is 6.11. The van der Waals surface area contributed by atoms with Gasteiger partial charge in [0.2, 0.25) is 0 Å². The van der Waals surface area contributed by atoms with Crippen LogP contribution in [0.3, 0.4) is 0 Å². The van der Waals surface area contributed by atoms with Gasteiger partial charge in [-0.1, -0.05) is 80.6 Å². The molecule has 24 heavy (non-hydrogen) atoms. The highest BCUT2D eigenvalue weighted by Crippen LogP contribution is 2.20. The van der Waals surface area contributed by atoms with Crippen molar-refractivity contribution < 1.29 is 4.74 Å². The van der Waals surface area contributed by atoms with E-state index in [1.165, 1.54) is 33.9 Å². The van der Waals surface area contributed by atoms with Crippen LogP contribution >= 0.6 is 0 Å². The third kappa shape index (κ3) is 4.04. The predicted molar refractivity (Wildman–Crippen MR) is 102 cm³/mol. The third-order valence-electron chi connectivity index (χ3n) is 4.83. The van der Waals surface area contributed by atoms with Gasteiger partial charge in [0.15, 0.2) is 0 Å². The second kappa shape index (κ2) is 8.12. The first-order chi connectivity index (χ1) is 11.8. The fourth-order valence-electron chi connectivity index (χ4n) is 3.06. The van der Waals surface area contributed by atoms with Gasteiger partial charge in [0.05, 0.1) is 13.2 Å². The highest BCUT2D eigenvalue weighted by atomic mass is 16.5. The number of rotatable bonds is 7. The van der Waals surface area contributed by atoms with Crippen LogP contribution in [0, 0.1) is 0 Å². The molecule has 0 fully saturated rings. The quantitative estimate of drug-likeness (QED) is 0.477. The largest absolute Gasteiger partial charge is 0.376 e. The van der Waals surface area contributed by atoms with E-state index in [1.54, 1.807) is 0 Å². The molecule has 0 aliphatic rings. The highest BCUT2D eigenvalue weighted by molar-refractivity contribution is 5.85. The Hall–Kier alpha value is -2.12. The van der Waals surface area contributed by atoms with Crippen molar-refractivity contribution in [3.63, 3.8) is 0 Å². The molecule has 0 aliphatic heterocycles. The average Bonchev–Trinajstić information content (AvgIpc) is 2.65. The monoisotopic (exact) mass is 318 g/mol. The van der Waals surface area contributed by atoms with E-state index in [-0.39, 0.29) is 0 Å². The van der Waals surface area contributed by atoms with Crippen molar-refractivity contribution in [2.45, 2.75) is 39.2 Å². The Labute approximate surface area is 145 Å². The molecule has 0 amide bonds. The van der Waals surface area contributed by atoms with Gasteiger partial charge >= 0.3 is 0 Å². The normalized spacial score (nSPS) is 12.4. The van der Waals surface area contributed by atoms with Crippen LogP contribution in [0.4, 0.5) is 0 Å². The van der Waals surface area contributed by atoms with Gasteiger partial charge < -0.3 is 4.74 Å². The number of hydrogen-bond donors (Lipinski definition) is 0.